The second kappa shape index (κ2) is 7.08. The van der Waals surface area contributed by atoms with E-state index in [2.05, 4.69) is 20.9 Å². The van der Waals surface area contributed by atoms with E-state index in [1.807, 2.05) is 12.1 Å². The van der Waals surface area contributed by atoms with Crippen LogP contribution in [0.4, 0.5) is 22.0 Å². The Labute approximate surface area is 140 Å². The van der Waals surface area contributed by atoms with E-state index in [9.17, 15) is 4.79 Å². The van der Waals surface area contributed by atoms with Crippen LogP contribution in [0.15, 0.2) is 36.5 Å². The average molecular weight is 328 g/mol. The van der Waals surface area contributed by atoms with Crippen LogP contribution in [0.2, 0.25) is 0 Å². The van der Waals surface area contributed by atoms with Gasteiger partial charge >= 0.3 is 6.03 Å². The second-order valence-electron chi connectivity index (χ2n) is 5.50. The molecule has 0 saturated heterocycles. The minimum atomic E-state index is -0.197. The number of methoxy groups -OCH3 is 2. The zero-order valence-corrected chi connectivity index (χ0v) is 13.6. The standard InChI is InChI=1S/C17H20N4O3/c1-23-13-6-7-14(15(9-13)24-2)21-16-8-5-12(10-18-16)20-17(22)19-11-3-4-11/h5-11H,3-4H2,1-2H3,(H,18,21)(H2,19,20,22). The van der Waals surface area contributed by atoms with Crippen molar-refractivity contribution in [1.82, 2.24) is 10.3 Å². The molecular formula is C17H20N4O3. The van der Waals surface area contributed by atoms with Gasteiger partial charge in [-0.1, -0.05) is 0 Å². The van der Waals surface area contributed by atoms with Crippen LogP contribution in [0.3, 0.4) is 0 Å². The van der Waals surface area contributed by atoms with E-state index in [1.165, 1.54) is 0 Å². The number of carbonyl (C=O) groups is 1. The number of rotatable bonds is 6. The van der Waals surface area contributed by atoms with Crippen molar-refractivity contribution in [3.05, 3.63) is 36.5 Å². The fourth-order valence-electron chi connectivity index (χ4n) is 2.16. The molecule has 1 aliphatic rings. The summed E-state index contributed by atoms with van der Waals surface area (Å²) >= 11 is 0. The van der Waals surface area contributed by atoms with E-state index >= 15 is 0 Å². The number of benzene rings is 1. The van der Waals surface area contributed by atoms with Gasteiger partial charge in [-0.25, -0.2) is 9.78 Å². The maximum Gasteiger partial charge on any atom is 0.319 e. The minimum Gasteiger partial charge on any atom is -0.497 e. The molecule has 1 fully saturated rings. The molecule has 126 valence electrons. The fourth-order valence-corrected chi connectivity index (χ4v) is 2.16. The zero-order chi connectivity index (χ0) is 16.9. The predicted octanol–water partition coefficient (Wildman–Crippen LogP) is 3.13. The number of carbonyl (C=O) groups excluding carboxylic acids is 1. The summed E-state index contributed by atoms with van der Waals surface area (Å²) in [7, 11) is 3.20. The Kier molecular flexibility index (Phi) is 4.69. The molecule has 0 bridgehead atoms. The van der Waals surface area contributed by atoms with Crippen molar-refractivity contribution >= 4 is 23.2 Å². The van der Waals surface area contributed by atoms with E-state index in [-0.39, 0.29) is 6.03 Å². The number of ether oxygens (including phenoxy) is 2. The van der Waals surface area contributed by atoms with E-state index < -0.39 is 0 Å². The van der Waals surface area contributed by atoms with Gasteiger partial charge in [-0.05, 0) is 37.1 Å². The van der Waals surface area contributed by atoms with Crippen LogP contribution in [-0.2, 0) is 0 Å². The Morgan fingerprint density at radius 3 is 2.62 bits per heavy atom. The first-order chi connectivity index (χ1) is 11.7. The molecule has 24 heavy (non-hydrogen) atoms. The van der Waals surface area contributed by atoms with E-state index in [4.69, 9.17) is 9.47 Å². The van der Waals surface area contributed by atoms with Gasteiger partial charge in [0.15, 0.2) is 0 Å². The molecule has 0 atom stereocenters. The van der Waals surface area contributed by atoms with Gasteiger partial charge in [-0.3, -0.25) is 0 Å². The molecule has 7 nitrogen and oxygen atoms in total. The summed E-state index contributed by atoms with van der Waals surface area (Å²) in [4.78, 5) is 16.0. The summed E-state index contributed by atoms with van der Waals surface area (Å²) in [6.07, 6.45) is 3.71. The molecule has 2 aromatic rings. The molecule has 0 spiro atoms. The molecule has 3 rings (SSSR count). The first-order valence-corrected chi connectivity index (χ1v) is 7.70. The lowest BCUT2D eigenvalue weighted by molar-refractivity contribution is 0.251. The smallest absolute Gasteiger partial charge is 0.319 e. The van der Waals surface area contributed by atoms with Gasteiger partial charge in [-0.2, -0.15) is 0 Å². The Morgan fingerprint density at radius 1 is 1.17 bits per heavy atom. The highest BCUT2D eigenvalue weighted by Gasteiger charge is 2.23. The van der Waals surface area contributed by atoms with Gasteiger partial charge < -0.3 is 25.4 Å². The fraction of sp³-hybridized carbons (Fsp3) is 0.294. The van der Waals surface area contributed by atoms with Crippen LogP contribution in [-0.4, -0.2) is 31.3 Å². The molecule has 0 aliphatic heterocycles. The SMILES string of the molecule is COc1ccc(Nc2ccc(NC(=O)NC3CC3)cn2)c(OC)c1. The van der Waals surface area contributed by atoms with Crippen molar-refractivity contribution in [2.45, 2.75) is 18.9 Å². The van der Waals surface area contributed by atoms with Gasteiger partial charge in [0.25, 0.3) is 0 Å². The van der Waals surface area contributed by atoms with Crippen molar-refractivity contribution < 1.29 is 14.3 Å². The average Bonchev–Trinajstić information content (AvgIpc) is 3.40. The molecule has 3 N–H and O–H groups in total. The molecule has 1 heterocycles. The molecule has 1 aliphatic carbocycles. The van der Waals surface area contributed by atoms with Crippen LogP contribution < -0.4 is 25.4 Å². The number of anilines is 3. The van der Waals surface area contributed by atoms with Crippen LogP contribution in [0.25, 0.3) is 0 Å². The lowest BCUT2D eigenvalue weighted by Gasteiger charge is -2.12. The number of hydrogen-bond donors (Lipinski definition) is 3. The maximum atomic E-state index is 11.7. The lowest BCUT2D eigenvalue weighted by Crippen LogP contribution is -2.30. The third kappa shape index (κ3) is 4.07. The molecule has 2 amide bonds. The van der Waals surface area contributed by atoms with Crippen molar-refractivity contribution in [2.75, 3.05) is 24.9 Å². The highest BCUT2D eigenvalue weighted by Crippen LogP contribution is 2.31. The van der Waals surface area contributed by atoms with Crippen molar-refractivity contribution in [3.63, 3.8) is 0 Å². The Morgan fingerprint density at radius 2 is 2.00 bits per heavy atom. The summed E-state index contributed by atoms with van der Waals surface area (Å²) in [5.74, 6) is 2.01. The monoisotopic (exact) mass is 328 g/mol. The number of nitrogens with zero attached hydrogens (tertiary/aromatic N) is 1. The highest BCUT2D eigenvalue weighted by molar-refractivity contribution is 5.89. The summed E-state index contributed by atoms with van der Waals surface area (Å²) < 4.78 is 10.5. The Hall–Kier alpha value is -2.96. The van der Waals surface area contributed by atoms with Gasteiger partial charge in [0.05, 0.1) is 31.8 Å². The quantitative estimate of drug-likeness (QED) is 0.759. The van der Waals surface area contributed by atoms with Crippen LogP contribution >= 0.6 is 0 Å². The van der Waals surface area contributed by atoms with Crippen LogP contribution in [0.1, 0.15) is 12.8 Å². The normalized spacial score (nSPS) is 13.1. The number of hydrogen-bond acceptors (Lipinski definition) is 5. The number of urea groups is 1. The molecule has 7 heteroatoms. The van der Waals surface area contributed by atoms with Gasteiger partial charge in [0.1, 0.15) is 17.3 Å². The first kappa shape index (κ1) is 15.9. The topological polar surface area (TPSA) is 84.5 Å². The Bertz CT molecular complexity index is 714. The van der Waals surface area contributed by atoms with Crippen molar-refractivity contribution in [2.24, 2.45) is 0 Å². The zero-order valence-electron chi connectivity index (χ0n) is 13.6. The maximum absolute atomic E-state index is 11.7. The van der Waals surface area contributed by atoms with E-state index in [0.717, 1.165) is 18.5 Å². The summed E-state index contributed by atoms with van der Waals surface area (Å²) in [6.45, 7) is 0. The molecule has 0 radical (unpaired) electrons. The molecule has 1 saturated carbocycles. The van der Waals surface area contributed by atoms with E-state index in [0.29, 0.717) is 29.0 Å². The van der Waals surface area contributed by atoms with Gasteiger partial charge in [0, 0.05) is 12.1 Å². The first-order valence-electron chi connectivity index (χ1n) is 7.70. The molecule has 0 unspecified atom stereocenters. The van der Waals surface area contributed by atoms with E-state index in [1.54, 1.807) is 38.6 Å². The van der Waals surface area contributed by atoms with Gasteiger partial charge in [-0.15, -0.1) is 0 Å². The highest BCUT2D eigenvalue weighted by atomic mass is 16.5. The minimum absolute atomic E-state index is 0.197. The third-order valence-corrected chi connectivity index (χ3v) is 3.61. The number of nitrogens with one attached hydrogen (secondary N) is 3. The van der Waals surface area contributed by atoms with Gasteiger partial charge in [0.2, 0.25) is 0 Å². The van der Waals surface area contributed by atoms with Crippen molar-refractivity contribution in [3.8, 4) is 11.5 Å². The molecular weight excluding hydrogens is 308 g/mol. The lowest BCUT2D eigenvalue weighted by atomic mass is 10.2. The Balaban J connectivity index is 1.64. The third-order valence-electron chi connectivity index (χ3n) is 3.61. The number of aromatic nitrogens is 1. The van der Waals surface area contributed by atoms with Crippen LogP contribution in [0, 0.1) is 0 Å². The molecule has 1 aromatic carbocycles. The van der Waals surface area contributed by atoms with Crippen molar-refractivity contribution in [1.29, 1.82) is 0 Å². The summed E-state index contributed by atoms with van der Waals surface area (Å²) in [5.41, 5.74) is 1.42. The van der Waals surface area contributed by atoms with Crippen LogP contribution in [0.5, 0.6) is 11.5 Å². The summed E-state index contributed by atoms with van der Waals surface area (Å²) in [5, 5.41) is 8.80. The molecule has 1 aromatic heterocycles. The number of amides is 2. The predicted molar refractivity (Wildman–Crippen MR) is 92.2 cm³/mol. The largest absolute Gasteiger partial charge is 0.497 e. The summed E-state index contributed by atoms with van der Waals surface area (Å²) in [6, 6.07) is 9.19. The second-order valence-corrected chi connectivity index (χ2v) is 5.50. The number of pyridine rings is 1.